The van der Waals surface area contributed by atoms with E-state index in [0.717, 1.165) is 11.5 Å². The van der Waals surface area contributed by atoms with Crippen LogP contribution in [0.4, 0.5) is 0 Å². The fourth-order valence-corrected chi connectivity index (χ4v) is 3.39. The second-order valence-corrected chi connectivity index (χ2v) is 8.84. The average molecular weight is 424 g/mol. The van der Waals surface area contributed by atoms with Crippen LogP contribution in [0.3, 0.4) is 0 Å². The van der Waals surface area contributed by atoms with Crippen molar-refractivity contribution in [3.63, 3.8) is 0 Å². The third-order valence-electron chi connectivity index (χ3n) is 5.16. The van der Waals surface area contributed by atoms with Crippen molar-refractivity contribution in [1.82, 2.24) is 4.90 Å². The Morgan fingerprint density at radius 1 is 0.935 bits per heavy atom. The van der Waals surface area contributed by atoms with E-state index in [1.165, 1.54) is 11.1 Å². The Labute approximate surface area is 185 Å². The lowest BCUT2D eigenvalue weighted by Crippen LogP contribution is -2.35. The Balaban J connectivity index is 1.61. The van der Waals surface area contributed by atoms with Crippen LogP contribution in [0.1, 0.15) is 37.7 Å². The number of aliphatic hydroxyl groups excluding tert-OH is 1. The molecule has 1 heterocycles. The van der Waals surface area contributed by atoms with Crippen molar-refractivity contribution in [2.75, 3.05) is 20.3 Å². The largest absolute Gasteiger partial charge is 0.497 e. The summed E-state index contributed by atoms with van der Waals surface area (Å²) in [4.78, 5) is 2.17. The SMILES string of the molecule is COc1ccc(OCC(O)CN(Cc2ccc(C(C)(C)C)cc2)Cc2ccco2)cc1. The zero-order valence-corrected chi connectivity index (χ0v) is 18.9. The van der Waals surface area contributed by atoms with Gasteiger partial charge in [-0.25, -0.2) is 0 Å². The van der Waals surface area contributed by atoms with Gasteiger partial charge in [-0.2, -0.15) is 0 Å². The lowest BCUT2D eigenvalue weighted by atomic mass is 9.87. The molecule has 1 N–H and O–H groups in total. The standard InChI is InChI=1S/C26H33NO4/c1-26(2,3)21-9-7-20(8-10-21)16-27(18-25-6-5-15-30-25)17-22(28)19-31-24-13-11-23(29-4)12-14-24/h5-15,22,28H,16-19H2,1-4H3. The van der Waals surface area contributed by atoms with Crippen LogP contribution < -0.4 is 9.47 Å². The third-order valence-corrected chi connectivity index (χ3v) is 5.16. The summed E-state index contributed by atoms with van der Waals surface area (Å²) in [5.41, 5.74) is 2.63. The van der Waals surface area contributed by atoms with Crippen LogP contribution in [0, 0.1) is 0 Å². The van der Waals surface area contributed by atoms with Crippen molar-refractivity contribution in [2.45, 2.75) is 45.4 Å². The van der Waals surface area contributed by atoms with E-state index < -0.39 is 6.10 Å². The molecule has 0 fully saturated rings. The van der Waals surface area contributed by atoms with Gasteiger partial charge in [0, 0.05) is 13.1 Å². The molecule has 2 aromatic carbocycles. The fraction of sp³-hybridized carbons (Fsp3) is 0.385. The van der Waals surface area contributed by atoms with Gasteiger partial charge in [-0.15, -0.1) is 0 Å². The molecule has 1 atom stereocenters. The summed E-state index contributed by atoms with van der Waals surface area (Å²) in [5, 5.41) is 10.6. The minimum absolute atomic E-state index is 0.126. The maximum atomic E-state index is 10.6. The molecule has 1 unspecified atom stereocenters. The molecule has 1 aromatic heterocycles. The fourth-order valence-electron chi connectivity index (χ4n) is 3.39. The van der Waals surface area contributed by atoms with Gasteiger partial charge in [-0.3, -0.25) is 4.90 Å². The van der Waals surface area contributed by atoms with Crippen LogP contribution in [0.25, 0.3) is 0 Å². The van der Waals surface area contributed by atoms with Gasteiger partial charge in [-0.05, 0) is 52.9 Å². The maximum Gasteiger partial charge on any atom is 0.119 e. The number of ether oxygens (including phenoxy) is 2. The second kappa shape index (κ2) is 10.5. The van der Waals surface area contributed by atoms with Gasteiger partial charge in [-0.1, -0.05) is 45.0 Å². The molecule has 0 aliphatic heterocycles. The summed E-state index contributed by atoms with van der Waals surface area (Å²) < 4.78 is 16.4. The minimum Gasteiger partial charge on any atom is -0.497 e. The van der Waals surface area contributed by atoms with Crippen LogP contribution in [0.15, 0.2) is 71.3 Å². The molecule has 5 nitrogen and oxygen atoms in total. The zero-order valence-electron chi connectivity index (χ0n) is 18.9. The normalized spacial score (nSPS) is 12.7. The molecule has 0 aliphatic rings. The van der Waals surface area contributed by atoms with Gasteiger partial charge in [0.05, 0.1) is 19.9 Å². The Kier molecular flexibility index (Phi) is 7.77. The van der Waals surface area contributed by atoms with Crippen molar-refractivity contribution < 1.29 is 19.0 Å². The summed E-state index contributed by atoms with van der Waals surface area (Å²) >= 11 is 0. The smallest absolute Gasteiger partial charge is 0.119 e. The van der Waals surface area contributed by atoms with Gasteiger partial charge in [0.2, 0.25) is 0 Å². The zero-order chi connectivity index (χ0) is 22.3. The predicted molar refractivity (Wildman–Crippen MR) is 122 cm³/mol. The highest BCUT2D eigenvalue weighted by Gasteiger charge is 2.17. The first-order chi connectivity index (χ1) is 14.8. The highest BCUT2D eigenvalue weighted by atomic mass is 16.5. The molecule has 0 spiro atoms. The summed E-state index contributed by atoms with van der Waals surface area (Å²) in [6.07, 6.45) is 1.04. The van der Waals surface area contributed by atoms with Gasteiger partial charge in [0.1, 0.15) is 30.0 Å². The number of benzene rings is 2. The average Bonchev–Trinajstić information content (AvgIpc) is 3.25. The van der Waals surface area contributed by atoms with Gasteiger partial charge < -0.3 is 19.0 Å². The molecule has 0 saturated heterocycles. The molecule has 0 aliphatic carbocycles. The number of nitrogens with zero attached hydrogens (tertiary/aromatic N) is 1. The molecule has 0 saturated carbocycles. The van der Waals surface area contributed by atoms with Crippen molar-refractivity contribution in [1.29, 1.82) is 0 Å². The number of hydrogen-bond acceptors (Lipinski definition) is 5. The van der Waals surface area contributed by atoms with Crippen molar-refractivity contribution in [3.05, 3.63) is 83.8 Å². The summed E-state index contributed by atoms with van der Waals surface area (Å²) in [6, 6.07) is 19.9. The van der Waals surface area contributed by atoms with E-state index in [4.69, 9.17) is 13.9 Å². The molecule has 3 aromatic rings. The Bertz CT molecular complexity index is 896. The minimum atomic E-state index is -0.633. The number of aliphatic hydroxyl groups is 1. The summed E-state index contributed by atoms with van der Waals surface area (Å²) in [6.45, 7) is 8.65. The highest BCUT2D eigenvalue weighted by Crippen LogP contribution is 2.23. The number of hydrogen-bond donors (Lipinski definition) is 1. The first-order valence-electron chi connectivity index (χ1n) is 10.6. The van der Waals surface area contributed by atoms with Crippen LogP contribution in [-0.2, 0) is 18.5 Å². The van der Waals surface area contributed by atoms with Gasteiger partial charge >= 0.3 is 0 Å². The molecule has 0 amide bonds. The molecule has 31 heavy (non-hydrogen) atoms. The monoisotopic (exact) mass is 423 g/mol. The van der Waals surface area contributed by atoms with E-state index in [9.17, 15) is 5.11 Å². The first-order valence-corrected chi connectivity index (χ1v) is 10.6. The number of furan rings is 1. The quantitative estimate of drug-likeness (QED) is 0.496. The van der Waals surface area contributed by atoms with E-state index in [2.05, 4.69) is 49.9 Å². The van der Waals surface area contributed by atoms with Crippen molar-refractivity contribution in [3.8, 4) is 11.5 Å². The molecule has 0 bridgehead atoms. The van der Waals surface area contributed by atoms with E-state index >= 15 is 0 Å². The highest BCUT2D eigenvalue weighted by molar-refractivity contribution is 5.31. The van der Waals surface area contributed by atoms with E-state index in [1.54, 1.807) is 13.4 Å². The number of methoxy groups -OCH3 is 1. The predicted octanol–water partition coefficient (Wildman–Crippen LogP) is 5.03. The van der Waals surface area contributed by atoms with Crippen LogP contribution >= 0.6 is 0 Å². The Morgan fingerprint density at radius 2 is 1.61 bits per heavy atom. The van der Waals surface area contributed by atoms with E-state index in [1.807, 2.05) is 36.4 Å². The van der Waals surface area contributed by atoms with Crippen LogP contribution in [0.5, 0.6) is 11.5 Å². The van der Waals surface area contributed by atoms with E-state index in [-0.39, 0.29) is 12.0 Å². The molecule has 5 heteroatoms. The topological polar surface area (TPSA) is 55.1 Å². The van der Waals surface area contributed by atoms with Crippen LogP contribution in [-0.4, -0.2) is 36.4 Å². The van der Waals surface area contributed by atoms with Crippen molar-refractivity contribution >= 4 is 0 Å². The summed E-state index contributed by atoms with van der Waals surface area (Å²) in [7, 11) is 1.63. The van der Waals surface area contributed by atoms with E-state index in [0.29, 0.717) is 25.4 Å². The lowest BCUT2D eigenvalue weighted by Gasteiger charge is -2.25. The molecular formula is C26H33NO4. The Morgan fingerprint density at radius 3 is 2.19 bits per heavy atom. The third kappa shape index (κ3) is 7.16. The van der Waals surface area contributed by atoms with Gasteiger partial charge in [0.15, 0.2) is 0 Å². The molecule has 166 valence electrons. The van der Waals surface area contributed by atoms with Crippen molar-refractivity contribution in [2.24, 2.45) is 0 Å². The molecule has 3 rings (SSSR count). The maximum absolute atomic E-state index is 10.6. The lowest BCUT2D eigenvalue weighted by molar-refractivity contribution is 0.0604. The van der Waals surface area contributed by atoms with Crippen LogP contribution in [0.2, 0.25) is 0 Å². The first kappa shape index (κ1) is 22.9. The molecular weight excluding hydrogens is 390 g/mol. The second-order valence-electron chi connectivity index (χ2n) is 8.84. The van der Waals surface area contributed by atoms with Gasteiger partial charge in [0.25, 0.3) is 0 Å². The Hall–Kier alpha value is -2.76. The summed E-state index contributed by atoms with van der Waals surface area (Å²) in [5.74, 6) is 2.35. The number of rotatable bonds is 10. The molecule has 0 radical (unpaired) electrons.